The van der Waals surface area contributed by atoms with Crippen molar-refractivity contribution in [3.05, 3.63) is 24.7 Å². The molecule has 0 amide bonds. The number of carboxylic acids is 1. The minimum Gasteiger partial charge on any atom is -0.481 e. The summed E-state index contributed by atoms with van der Waals surface area (Å²) >= 11 is 0. The Morgan fingerprint density at radius 1 is 1.36 bits per heavy atom. The number of carbonyl (C=O) groups is 1. The average Bonchev–Trinajstić information content (AvgIpc) is 3.03. The zero-order chi connectivity index (χ0) is 15.1. The minimum atomic E-state index is -0.732. The number of hydrogen-bond acceptors (Lipinski definition) is 5. The van der Waals surface area contributed by atoms with Gasteiger partial charge in [-0.25, -0.2) is 0 Å². The topological polar surface area (TPSA) is 95.0 Å². The van der Waals surface area contributed by atoms with Crippen molar-refractivity contribution in [2.75, 3.05) is 18.0 Å². The molecule has 1 fully saturated rings. The van der Waals surface area contributed by atoms with Crippen molar-refractivity contribution in [1.82, 2.24) is 20.2 Å². The van der Waals surface area contributed by atoms with Gasteiger partial charge in [0.25, 0.3) is 0 Å². The van der Waals surface area contributed by atoms with Gasteiger partial charge < -0.3 is 15.0 Å². The molecule has 0 spiro atoms. The molecular formula is C15H15N5O2. The van der Waals surface area contributed by atoms with Gasteiger partial charge in [0.1, 0.15) is 5.52 Å². The predicted octanol–water partition coefficient (Wildman–Crippen LogP) is 1.81. The highest BCUT2D eigenvalue weighted by Gasteiger charge is 2.27. The molecule has 7 nitrogen and oxygen atoms in total. The number of rotatable bonds is 2. The van der Waals surface area contributed by atoms with Crippen LogP contribution in [-0.4, -0.2) is 44.3 Å². The van der Waals surface area contributed by atoms with Crippen LogP contribution in [0.25, 0.3) is 21.9 Å². The molecule has 3 aromatic rings. The van der Waals surface area contributed by atoms with E-state index < -0.39 is 5.97 Å². The van der Waals surface area contributed by atoms with Gasteiger partial charge in [-0.2, -0.15) is 0 Å². The second kappa shape index (κ2) is 4.94. The summed E-state index contributed by atoms with van der Waals surface area (Å²) in [7, 11) is 0. The van der Waals surface area contributed by atoms with E-state index in [2.05, 4.69) is 25.1 Å². The van der Waals surface area contributed by atoms with Crippen molar-refractivity contribution in [3.8, 4) is 0 Å². The van der Waals surface area contributed by atoms with Crippen LogP contribution in [-0.2, 0) is 4.79 Å². The summed E-state index contributed by atoms with van der Waals surface area (Å²) in [6.07, 6.45) is 6.91. The van der Waals surface area contributed by atoms with Gasteiger partial charge in [0.2, 0.25) is 0 Å². The monoisotopic (exact) mass is 297 g/mol. The highest BCUT2D eigenvalue weighted by Crippen LogP contribution is 2.32. The van der Waals surface area contributed by atoms with Crippen molar-refractivity contribution in [2.24, 2.45) is 5.92 Å². The smallest absolute Gasteiger partial charge is 0.308 e. The number of carboxylic acid groups (broad SMARTS) is 1. The van der Waals surface area contributed by atoms with Crippen LogP contribution in [0.3, 0.4) is 0 Å². The number of aliphatic carboxylic acids is 1. The molecule has 3 aromatic heterocycles. The fraction of sp³-hybridized carbons (Fsp3) is 0.333. The van der Waals surface area contributed by atoms with E-state index in [0.29, 0.717) is 6.54 Å². The summed E-state index contributed by atoms with van der Waals surface area (Å²) < 4.78 is 0. The van der Waals surface area contributed by atoms with Crippen molar-refractivity contribution in [1.29, 1.82) is 0 Å². The van der Waals surface area contributed by atoms with Crippen molar-refractivity contribution < 1.29 is 9.90 Å². The molecule has 1 aliphatic heterocycles. The number of H-pyrrole nitrogens is 1. The van der Waals surface area contributed by atoms with Crippen LogP contribution in [0.4, 0.5) is 5.69 Å². The van der Waals surface area contributed by atoms with Crippen LogP contribution in [0, 0.1) is 5.92 Å². The molecule has 0 radical (unpaired) electrons. The van der Waals surface area contributed by atoms with E-state index >= 15 is 0 Å². The summed E-state index contributed by atoms with van der Waals surface area (Å²) in [5, 5.41) is 19.6. The third kappa shape index (κ3) is 1.97. The van der Waals surface area contributed by atoms with Crippen LogP contribution in [0.2, 0.25) is 0 Å². The molecule has 4 heterocycles. The van der Waals surface area contributed by atoms with E-state index in [-0.39, 0.29) is 5.92 Å². The molecule has 1 aliphatic rings. The molecular weight excluding hydrogens is 282 g/mol. The average molecular weight is 297 g/mol. The summed E-state index contributed by atoms with van der Waals surface area (Å²) in [5.74, 6) is -1.06. The second-order valence-corrected chi connectivity index (χ2v) is 5.62. The molecule has 0 aliphatic carbocycles. The molecule has 1 atom stereocenters. The fourth-order valence-corrected chi connectivity index (χ4v) is 3.18. The second-order valence-electron chi connectivity index (χ2n) is 5.62. The highest BCUT2D eigenvalue weighted by atomic mass is 16.4. The van der Waals surface area contributed by atoms with Crippen LogP contribution in [0.5, 0.6) is 0 Å². The molecule has 1 unspecified atom stereocenters. The lowest BCUT2D eigenvalue weighted by Crippen LogP contribution is -2.38. The number of pyridine rings is 1. The quantitative estimate of drug-likeness (QED) is 0.749. The van der Waals surface area contributed by atoms with Gasteiger partial charge >= 0.3 is 5.97 Å². The summed E-state index contributed by atoms with van der Waals surface area (Å²) in [6, 6.07) is 1.97. The number of nitrogens with zero attached hydrogens (tertiary/aromatic N) is 4. The van der Waals surface area contributed by atoms with E-state index in [4.69, 9.17) is 0 Å². The first-order valence-corrected chi connectivity index (χ1v) is 7.29. The first-order chi connectivity index (χ1) is 10.7. The van der Waals surface area contributed by atoms with Crippen molar-refractivity contribution in [3.63, 3.8) is 0 Å². The van der Waals surface area contributed by atoms with Crippen LogP contribution in [0.1, 0.15) is 12.8 Å². The fourth-order valence-electron chi connectivity index (χ4n) is 3.18. The van der Waals surface area contributed by atoms with E-state index in [1.807, 2.05) is 12.3 Å². The Morgan fingerprint density at radius 2 is 2.27 bits per heavy atom. The van der Waals surface area contributed by atoms with E-state index in [9.17, 15) is 9.90 Å². The zero-order valence-electron chi connectivity index (χ0n) is 11.9. The lowest BCUT2D eigenvalue weighted by atomic mass is 9.97. The lowest BCUT2D eigenvalue weighted by Gasteiger charge is -2.32. The molecule has 0 saturated carbocycles. The Morgan fingerprint density at radius 3 is 3.14 bits per heavy atom. The van der Waals surface area contributed by atoms with Crippen LogP contribution < -0.4 is 4.90 Å². The molecule has 4 rings (SSSR count). The normalized spacial score (nSPS) is 18.9. The number of aromatic nitrogens is 4. The number of piperidine rings is 1. The van der Waals surface area contributed by atoms with Crippen molar-refractivity contribution >= 4 is 33.6 Å². The lowest BCUT2D eigenvalue weighted by molar-refractivity contribution is -0.141. The number of anilines is 1. The zero-order valence-corrected chi connectivity index (χ0v) is 11.9. The predicted molar refractivity (Wildman–Crippen MR) is 81.8 cm³/mol. The standard InChI is InChI=1S/C15H15N5O2/c21-15(22)9-2-1-5-20(8-9)12-7-16-6-11-13(12)10-3-4-17-14(10)19-18-11/h3-4,6-7,9H,1-2,5,8H2,(H,17,19)(H,21,22). The number of hydrogen-bond donors (Lipinski definition) is 2. The first kappa shape index (κ1) is 13.0. The van der Waals surface area contributed by atoms with Gasteiger partial charge in [0.05, 0.1) is 24.0 Å². The SMILES string of the molecule is O=C(O)C1CCCN(c2cncc3nnc4[nH]ccc4c23)C1. The molecule has 0 aromatic carbocycles. The molecule has 0 bridgehead atoms. The van der Waals surface area contributed by atoms with Crippen LogP contribution >= 0.6 is 0 Å². The molecule has 2 N–H and O–H groups in total. The summed E-state index contributed by atoms with van der Waals surface area (Å²) in [6.45, 7) is 1.34. The maximum absolute atomic E-state index is 11.3. The first-order valence-electron chi connectivity index (χ1n) is 7.29. The van der Waals surface area contributed by atoms with Gasteiger partial charge in [-0.05, 0) is 18.9 Å². The molecule has 7 heteroatoms. The third-order valence-electron chi connectivity index (χ3n) is 4.27. The molecule has 1 saturated heterocycles. The van der Waals surface area contributed by atoms with Gasteiger partial charge in [-0.1, -0.05) is 0 Å². The third-order valence-corrected chi connectivity index (χ3v) is 4.27. The summed E-state index contributed by atoms with van der Waals surface area (Å²) in [5.41, 5.74) is 2.39. The summed E-state index contributed by atoms with van der Waals surface area (Å²) in [4.78, 5) is 20.7. The van der Waals surface area contributed by atoms with Crippen LogP contribution in [0.15, 0.2) is 24.7 Å². The Kier molecular flexibility index (Phi) is 2.92. The van der Waals surface area contributed by atoms with E-state index in [1.165, 1.54) is 0 Å². The van der Waals surface area contributed by atoms with Gasteiger partial charge in [-0.15, -0.1) is 10.2 Å². The molecule has 112 valence electrons. The maximum atomic E-state index is 11.3. The van der Waals surface area contributed by atoms with Gasteiger partial charge in [0.15, 0.2) is 5.65 Å². The van der Waals surface area contributed by atoms with Crippen molar-refractivity contribution in [2.45, 2.75) is 12.8 Å². The van der Waals surface area contributed by atoms with Gasteiger partial charge in [-0.3, -0.25) is 9.78 Å². The Hall–Kier alpha value is -2.70. The largest absolute Gasteiger partial charge is 0.481 e. The van der Waals surface area contributed by atoms with Gasteiger partial charge in [0, 0.05) is 30.1 Å². The molecule has 22 heavy (non-hydrogen) atoms. The Balaban J connectivity index is 1.87. The highest BCUT2D eigenvalue weighted by molar-refractivity contribution is 6.09. The Labute approximate surface area is 126 Å². The number of aromatic amines is 1. The minimum absolute atomic E-state index is 0.333. The number of fused-ring (bicyclic) bond motifs is 3. The Bertz CT molecular complexity index is 859. The van der Waals surface area contributed by atoms with E-state index in [1.54, 1.807) is 12.4 Å². The maximum Gasteiger partial charge on any atom is 0.308 e. The van der Waals surface area contributed by atoms with E-state index in [0.717, 1.165) is 47.0 Å². The number of nitrogens with one attached hydrogen (secondary N) is 1.